The van der Waals surface area contributed by atoms with Crippen LogP contribution in [0, 0.1) is 5.00 Å². The number of hydrogen-bond donors (Lipinski definition) is 0. The Bertz CT molecular complexity index is 844. The third-order valence-electron chi connectivity index (χ3n) is 3.43. The van der Waals surface area contributed by atoms with E-state index >= 15 is 0 Å². The normalized spacial score (nSPS) is 16.1. The van der Waals surface area contributed by atoms with Crippen LogP contribution < -0.4 is 0 Å². The molecule has 0 aliphatic rings. The van der Waals surface area contributed by atoms with Crippen molar-refractivity contribution in [1.29, 1.82) is 5.00 Å². The van der Waals surface area contributed by atoms with Gasteiger partial charge in [0.2, 0.25) is 0 Å². The standard InChI is InChI=1S/C10F22NO4P/c11-1(12,3(15,16)7(23,24)25)5(19,20)9(29,30)34-36-38(33)37-35-10(31,32)6(21,22)2(13,14)4(17,18)8(26,27)28. The van der Waals surface area contributed by atoms with Crippen LogP contribution in [0.15, 0.2) is 0 Å². The van der Waals surface area contributed by atoms with Crippen molar-refractivity contribution in [2.24, 2.45) is 0 Å². The van der Waals surface area contributed by atoms with E-state index in [1.165, 1.54) is 0 Å². The second-order valence-corrected chi connectivity index (χ2v) is 6.80. The number of alkyl halides is 22. The first-order valence-electron chi connectivity index (χ1n) is 7.46. The molecule has 0 atom stereocenters. The molecule has 0 heterocycles. The number of rotatable bonds is 10. The molecule has 0 spiro atoms. The van der Waals surface area contributed by atoms with Crippen LogP contribution in [-0.2, 0) is 19.1 Å². The van der Waals surface area contributed by atoms with E-state index in [0.717, 1.165) is 0 Å². The van der Waals surface area contributed by atoms with Crippen LogP contribution in [0.2, 0.25) is 0 Å². The highest BCUT2D eigenvalue weighted by Crippen LogP contribution is 2.59. The van der Waals surface area contributed by atoms with E-state index in [4.69, 9.17) is 5.00 Å². The Morgan fingerprint density at radius 1 is 0.342 bits per heavy atom. The van der Waals surface area contributed by atoms with Crippen molar-refractivity contribution in [2.75, 3.05) is 0 Å². The average Bonchev–Trinajstić information content (AvgIpc) is 2.68. The summed E-state index contributed by atoms with van der Waals surface area (Å²) < 4.78 is 281. The molecule has 0 bridgehead atoms. The van der Waals surface area contributed by atoms with Crippen LogP contribution in [0.3, 0.4) is 0 Å². The first-order chi connectivity index (χ1) is 16.1. The van der Waals surface area contributed by atoms with Crippen molar-refractivity contribution in [1.82, 2.24) is 0 Å². The van der Waals surface area contributed by atoms with Gasteiger partial charge in [-0.1, -0.05) is 0 Å². The Kier molecular flexibility index (Phi) is 9.31. The first kappa shape index (κ1) is 36.3. The average molecular weight is 647 g/mol. The van der Waals surface area contributed by atoms with Gasteiger partial charge in [0, 0.05) is 0 Å². The minimum Gasteiger partial charge on any atom is -0.192 e. The number of hydrogen-bond acceptors (Lipinski definition) is 5. The smallest absolute Gasteiger partial charge is 0.192 e. The molecule has 0 fully saturated rings. The summed E-state index contributed by atoms with van der Waals surface area (Å²) in [5.41, 5.74) is 0. The van der Waals surface area contributed by atoms with E-state index in [0.29, 0.717) is 0 Å². The minimum absolute atomic E-state index is 1.83. The van der Waals surface area contributed by atoms with E-state index in [1.54, 1.807) is 0 Å². The molecule has 0 aromatic heterocycles. The van der Waals surface area contributed by atoms with Gasteiger partial charge in [0.1, 0.15) is 0 Å². The summed E-state index contributed by atoms with van der Waals surface area (Å²) in [6.07, 6.45) is -30.3. The van der Waals surface area contributed by atoms with Crippen molar-refractivity contribution < 1.29 is 116 Å². The Hall–Kier alpha value is -1.69. The molecule has 0 radical (unpaired) electrons. The van der Waals surface area contributed by atoms with Gasteiger partial charge in [-0.25, -0.2) is 0 Å². The molecule has 228 valence electrons. The Labute approximate surface area is 190 Å². The predicted octanol–water partition coefficient (Wildman–Crippen LogP) is 7.80. The molecular weight excluding hydrogens is 647 g/mol. The van der Waals surface area contributed by atoms with Gasteiger partial charge in [0.15, 0.2) is 0 Å². The Balaban J connectivity index is 5.72. The molecular formula is C10F22NO4P. The third-order valence-corrected chi connectivity index (χ3v) is 3.84. The van der Waals surface area contributed by atoms with Crippen LogP contribution >= 0.6 is 8.01 Å². The maximum absolute atomic E-state index is 13.0. The molecule has 5 nitrogen and oxygen atoms in total. The molecule has 0 saturated carbocycles. The molecule has 0 aromatic carbocycles. The Morgan fingerprint density at radius 3 is 0.737 bits per heavy atom. The fourth-order valence-corrected chi connectivity index (χ4v) is 1.73. The monoisotopic (exact) mass is 647 g/mol. The summed E-state index contributed by atoms with van der Waals surface area (Å²) in [5, 5.41) is 8.47. The van der Waals surface area contributed by atoms with E-state index in [-0.39, 0.29) is 0 Å². The zero-order valence-electron chi connectivity index (χ0n) is 15.8. The predicted molar refractivity (Wildman–Crippen MR) is 64.7 cm³/mol. The largest absolute Gasteiger partial charge is 0.460 e. The van der Waals surface area contributed by atoms with E-state index in [9.17, 15) is 96.6 Å². The van der Waals surface area contributed by atoms with Crippen LogP contribution in [0.25, 0.3) is 0 Å². The summed E-state index contributed by atoms with van der Waals surface area (Å²) in [7, 11) is -5.36. The van der Waals surface area contributed by atoms with E-state index in [1.807, 2.05) is 9.78 Å². The van der Waals surface area contributed by atoms with Gasteiger partial charge in [0.25, 0.3) is 0 Å². The maximum atomic E-state index is 13.0. The fourth-order valence-electron chi connectivity index (χ4n) is 1.39. The van der Waals surface area contributed by atoms with Crippen molar-refractivity contribution in [3.8, 4) is 0 Å². The van der Waals surface area contributed by atoms with Gasteiger partial charge < -0.3 is 0 Å². The van der Waals surface area contributed by atoms with Crippen LogP contribution in [0.4, 0.5) is 96.6 Å². The summed E-state index contributed by atoms with van der Waals surface area (Å²) in [5.74, 6) is -48.4. The highest BCUT2D eigenvalue weighted by atomic mass is 31.1. The van der Waals surface area contributed by atoms with Crippen molar-refractivity contribution in [3.63, 3.8) is 0 Å². The Morgan fingerprint density at radius 2 is 0.553 bits per heavy atom. The molecule has 0 aliphatic heterocycles. The number of halogens is 22. The highest BCUT2D eigenvalue weighted by molar-refractivity contribution is 7.31. The van der Waals surface area contributed by atoms with Gasteiger partial charge in [0.05, 0.1) is 0 Å². The quantitative estimate of drug-likeness (QED) is 0.105. The summed E-state index contributed by atoms with van der Waals surface area (Å²) >= 11 is 0. The zero-order chi connectivity index (χ0) is 31.4. The molecule has 0 rings (SSSR count). The molecule has 0 aromatic rings. The van der Waals surface area contributed by atoms with Gasteiger partial charge >= 0.3 is 68.1 Å². The minimum atomic E-state index is -8.16. The van der Waals surface area contributed by atoms with Gasteiger partial charge in [-0.3, -0.25) is 0 Å². The maximum Gasteiger partial charge on any atom is 0.460 e. The summed E-state index contributed by atoms with van der Waals surface area (Å²) in [6.45, 7) is 0. The van der Waals surface area contributed by atoms with E-state index < -0.39 is 68.1 Å². The molecule has 0 unspecified atom stereocenters. The van der Waals surface area contributed by atoms with Crippen molar-refractivity contribution >= 4 is 8.01 Å². The van der Waals surface area contributed by atoms with Crippen molar-refractivity contribution in [2.45, 2.75) is 60.1 Å². The molecule has 38 heavy (non-hydrogen) atoms. The van der Waals surface area contributed by atoms with Crippen molar-refractivity contribution in [3.05, 3.63) is 0 Å². The lowest BCUT2D eigenvalue weighted by molar-refractivity contribution is -0.513. The second kappa shape index (κ2) is 9.74. The molecule has 0 aliphatic carbocycles. The van der Waals surface area contributed by atoms with Crippen LogP contribution in [0.1, 0.15) is 0 Å². The van der Waals surface area contributed by atoms with Crippen LogP contribution in [0.5, 0.6) is 0 Å². The van der Waals surface area contributed by atoms with Gasteiger partial charge in [-0.05, 0) is 0 Å². The fraction of sp³-hybridized carbons (Fsp3) is 1.00. The highest BCUT2D eigenvalue weighted by Gasteiger charge is 2.89. The molecule has 0 saturated heterocycles. The van der Waals surface area contributed by atoms with Crippen LogP contribution in [-0.4, -0.2) is 60.1 Å². The summed E-state index contributed by atoms with van der Waals surface area (Å²) in [4.78, 5) is 3.66. The lowest BCUT2D eigenvalue weighted by Gasteiger charge is -2.36. The lowest BCUT2D eigenvalue weighted by Crippen LogP contribution is -2.66. The van der Waals surface area contributed by atoms with E-state index in [2.05, 4.69) is 9.35 Å². The second-order valence-electron chi connectivity index (χ2n) is 6.03. The lowest BCUT2D eigenvalue weighted by atomic mass is 10.0. The summed E-state index contributed by atoms with van der Waals surface area (Å²) in [6, 6.07) is 0. The van der Waals surface area contributed by atoms with Gasteiger partial charge in [-0.2, -0.15) is 102 Å². The SMILES string of the molecule is N#P(OOC(F)(F)C(F)(F)C(F)(F)C(F)(F)C(F)(F)F)OOC(F)(F)C(F)(F)C(F)(F)C(F)(F)C(F)(F)F. The van der Waals surface area contributed by atoms with Gasteiger partial charge in [-0.15, -0.1) is 19.1 Å². The first-order valence-corrected chi connectivity index (χ1v) is 8.59. The topological polar surface area (TPSA) is 60.7 Å². The third kappa shape index (κ3) is 5.62. The number of nitrogens with zero attached hydrogens (tertiary/aromatic N) is 1. The molecule has 0 N–H and O–H groups in total. The molecule has 28 heteroatoms. The zero-order valence-corrected chi connectivity index (χ0v) is 16.7. The molecule has 0 amide bonds.